The van der Waals surface area contributed by atoms with E-state index in [0.717, 1.165) is 37.4 Å². The summed E-state index contributed by atoms with van der Waals surface area (Å²) >= 11 is 0. The second-order valence-corrected chi connectivity index (χ2v) is 5.17. The highest BCUT2D eigenvalue weighted by molar-refractivity contribution is 5.72. The van der Waals surface area contributed by atoms with Gasteiger partial charge in [0.1, 0.15) is 5.69 Å². The van der Waals surface area contributed by atoms with Gasteiger partial charge in [0, 0.05) is 5.69 Å². The number of halogens is 1. The van der Waals surface area contributed by atoms with Gasteiger partial charge >= 0.3 is 5.69 Å². The number of nitrogens with one attached hydrogen (secondary N) is 1. The van der Waals surface area contributed by atoms with Crippen molar-refractivity contribution >= 4 is 17.1 Å². The molecule has 0 aliphatic heterocycles. The molecule has 21 heavy (non-hydrogen) atoms. The molecule has 1 aliphatic rings. The predicted molar refractivity (Wildman–Crippen MR) is 79.4 cm³/mol. The zero-order chi connectivity index (χ0) is 14.8. The third-order valence-corrected chi connectivity index (χ3v) is 3.83. The second-order valence-electron chi connectivity index (χ2n) is 5.17. The van der Waals surface area contributed by atoms with Crippen molar-refractivity contribution in [3.63, 3.8) is 0 Å². The number of anilines is 2. The fraction of sp³-hybridized carbons (Fsp3) is 0.250. The Morgan fingerprint density at radius 3 is 2.57 bits per heavy atom. The Morgan fingerprint density at radius 2 is 1.76 bits per heavy atom. The number of hydrogen-bond donors (Lipinski definition) is 1. The number of nitrogens with zero attached hydrogens (tertiary/aromatic N) is 1. The van der Waals surface area contributed by atoms with Crippen molar-refractivity contribution in [3.05, 3.63) is 63.5 Å². The van der Waals surface area contributed by atoms with Gasteiger partial charge in [-0.15, -0.1) is 0 Å². The van der Waals surface area contributed by atoms with Gasteiger partial charge in [0.25, 0.3) is 0 Å². The van der Waals surface area contributed by atoms with Crippen molar-refractivity contribution in [2.75, 3.05) is 5.32 Å². The van der Waals surface area contributed by atoms with Gasteiger partial charge in [0.2, 0.25) is 5.82 Å². The molecule has 0 amide bonds. The SMILES string of the molecule is O=[N+]([O-])c1c(F)cccc1Nc1cccc2c1CCCC2. The fourth-order valence-corrected chi connectivity index (χ4v) is 2.85. The smallest absolute Gasteiger partial charge is 0.327 e. The Balaban J connectivity index is 2.02. The van der Waals surface area contributed by atoms with Crippen molar-refractivity contribution in [2.45, 2.75) is 25.7 Å². The molecule has 108 valence electrons. The van der Waals surface area contributed by atoms with Crippen LogP contribution < -0.4 is 5.32 Å². The molecular formula is C16H15FN2O2. The van der Waals surface area contributed by atoms with Crippen LogP contribution in [0.5, 0.6) is 0 Å². The fourth-order valence-electron chi connectivity index (χ4n) is 2.85. The van der Waals surface area contributed by atoms with E-state index in [4.69, 9.17) is 0 Å². The molecule has 4 nitrogen and oxygen atoms in total. The Kier molecular flexibility index (Phi) is 3.56. The first-order valence-corrected chi connectivity index (χ1v) is 6.97. The molecule has 0 atom stereocenters. The summed E-state index contributed by atoms with van der Waals surface area (Å²) in [5.41, 5.74) is 2.97. The van der Waals surface area contributed by atoms with Gasteiger partial charge in [-0.1, -0.05) is 18.2 Å². The van der Waals surface area contributed by atoms with Gasteiger partial charge in [-0.05, 0) is 55.0 Å². The van der Waals surface area contributed by atoms with Crippen LogP contribution in [-0.4, -0.2) is 4.92 Å². The highest BCUT2D eigenvalue weighted by Crippen LogP contribution is 2.34. The minimum atomic E-state index is -0.824. The van der Waals surface area contributed by atoms with Crippen LogP contribution in [0.1, 0.15) is 24.0 Å². The molecule has 1 aliphatic carbocycles. The number of nitro benzene ring substituents is 1. The molecule has 1 N–H and O–H groups in total. The average Bonchev–Trinajstić information content (AvgIpc) is 2.47. The first-order chi connectivity index (χ1) is 10.2. The molecule has 0 saturated carbocycles. The van der Waals surface area contributed by atoms with Gasteiger partial charge in [-0.3, -0.25) is 10.1 Å². The number of fused-ring (bicyclic) bond motifs is 1. The molecule has 3 rings (SSSR count). The summed E-state index contributed by atoms with van der Waals surface area (Å²) < 4.78 is 13.7. The molecule has 0 bridgehead atoms. The molecule has 0 spiro atoms. The normalized spacial score (nSPS) is 13.6. The number of nitro groups is 1. The van der Waals surface area contributed by atoms with Crippen LogP contribution in [0.3, 0.4) is 0 Å². The van der Waals surface area contributed by atoms with Crippen LogP contribution >= 0.6 is 0 Å². The molecule has 0 radical (unpaired) electrons. The predicted octanol–water partition coefficient (Wildman–Crippen LogP) is 4.36. The van der Waals surface area contributed by atoms with Gasteiger partial charge in [-0.25, -0.2) is 0 Å². The van der Waals surface area contributed by atoms with Crippen molar-refractivity contribution in [2.24, 2.45) is 0 Å². The zero-order valence-electron chi connectivity index (χ0n) is 11.4. The largest absolute Gasteiger partial charge is 0.350 e. The van der Waals surface area contributed by atoms with E-state index in [1.54, 1.807) is 0 Å². The summed E-state index contributed by atoms with van der Waals surface area (Å²) in [6, 6.07) is 10.0. The van der Waals surface area contributed by atoms with E-state index in [0.29, 0.717) is 0 Å². The maximum absolute atomic E-state index is 13.7. The summed E-state index contributed by atoms with van der Waals surface area (Å²) in [7, 11) is 0. The molecule has 5 heteroatoms. The highest BCUT2D eigenvalue weighted by Gasteiger charge is 2.21. The Bertz CT molecular complexity index is 701. The maximum atomic E-state index is 13.7. The van der Waals surface area contributed by atoms with Crippen LogP contribution in [0.2, 0.25) is 0 Å². The Hall–Kier alpha value is -2.43. The van der Waals surface area contributed by atoms with Gasteiger partial charge in [-0.2, -0.15) is 4.39 Å². The number of benzene rings is 2. The van der Waals surface area contributed by atoms with Crippen LogP contribution in [0.15, 0.2) is 36.4 Å². The van der Waals surface area contributed by atoms with E-state index in [1.807, 2.05) is 12.1 Å². The molecule has 0 heterocycles. The Labute approximate surface area is 121 Å². The lowest BCUT2D eigenvalue weighted by Crippen LogP contribution is -2.07. The van der Waals surface area contributed by atoms with Crippen molar-refractivity contribution in [1.29, 1.82) is 0 Å². The molecule has 0 saturated heterocycles. The molecule has 2 aromatic carbocycles. The van der Waals surface area contributed by atoms with E-state index < -0.39 is 16.4 Å². The quantitative estimate of drug-likeness (QED) is 0.674. The number of aryl methyl sites for hydroxylation is 1. The van der Waals surface area contributed by atoms with Crippen LogP contribution in [0.4, 0.5) is 21.5 Å². The van der Waals surface area contributed by atoms with Gasteiger partial charge in [0.15, 0.2) is 0 Å². The molecule has 0 unspecified atom stereocenters. The highest BCUT2D eigenvalue weighted by atomic mass is 19.1. The lowest BCUT2D eigenvalue weighted by atomic mass is 9.90. The maximum Gasteiger partial charge on any atom is 0.327 e. The monoisotopic (exact) mass is 286 g/mol. The molecule has 0 aromatic heterocycles. The summed E-state index contributed by atoms with van der Waals surface area (Å²) in [6.45, 7) is 0. The zero-order valence-corrected chi connectivity index (χ0v) is 11.4. The van der Waals surface area contributed by atoms with Crippen molar-refractivity contribution in [1.82, 2.24) is 0 Å². The lowest BCUT2D eigenvalue weighted by molar-refractivity contribution is -0.386. The minimum absolute atomic E-state index is 0.193. The molecule has 0 fully saturated rings. The van der Waals surface area contributed by atoms with Crippen LogP contribution in [-0.2, 0) is 12.8 Å². The van der Waals surface area contributed by atoms with E-state index in [9.17, 15) is 14.5 Å². The minimum Gasteiger partial charge on any atom is -0.350 e. The van der Waals surface area contributed by atoms with E-state index in [-0.39, 0.29) is 5.69 Å². The van der Waals surface area contributed by atoms with Crippen molar-refractivity contribution in [3.8, 4) is 0 Å². The van der Waals surface area contributed by atoms with E-state index in [2.05, 4.69) is 11.4 Å². The average molecular weight is 286 g/mol. The molecule has 2 aromatic rings. The molecular weight excluding hydrogens is 271 g/mol. The summed E-state index contributed by atoms with van der Waals surface area (Å²) in [5, 5.41) is 14.1. The van der Waals surface area contributed by atoms with Gasteiger partial charge < -0.3 is 5.32 Å². The standard InChI is InChI=1S/C16H15FN2O2/c17-13-8-4-10-15(16(13)19(20)21)18-14-9-3-6-11-5-1-2-7-12(11)14/h3-4,6,8-10,18H,1-2,5,7H2. The van der Waals surface area contributed by atoms with Crippen molar-refractivity contribution < 1.29 is 9.31 Å². The number of para-hydroxylation sites is 1. The Morgan fingerprint density at radius 1 is 1.05 bits per heavy atom. The number of rotatable bonds is 3. The van der Waals surface area contributed by atoms with Crippen LogP contribution in [0.25, 0.3) is 0 Å². The van der Waals surface area contributed by atoms with Gasteiger partial charge in [0.05, 0.1) is 4.92 Å². The summed E-state index contributed by atoms with van der Waals surface area (Å²) in [6.07, 6.45) is 4.24. The summed E-state index contributed by atoms with van der Waals surface area (Å²) in [4.78, 5) is 10.4. The third kappa shape index (κ3) is 2.59. The van der Waals surface area contributed by atoms with E-state index >= 15 is 0 Å². The third-order valence-electron chi connectivity index (χ3n) is 3.83. The summed E-state index contributed by atoms with van der Waals surface area (Å²) in [5.74, 6) is -0.824. The second kappa shape index (κ2) is 5.52. The first kappa shape index (κ1) is 13.5. The topological polar surface area (TPSA) is 55.2 Å². The lowest BCUT2D eigenvalue weighted by Gasteiger charge is -2.20. The number of hydrogen-bond acceptors (Lipinski definition) is 3. The van der Waals surface area contributed by atoms with E-state index in [1.165, 1.54) is 23.3 Å². The van der Waals surface area contributed by atoms with Crippen LogP contribution in [0, 0.1) is 15.9 Å². The first-order valence-electron chi connectivity index (χ1n) is 6.97.